The zero-order valence-corrected chi connectivity index (χ0v) is 12.6. The van der Waals surface area contributed by atoms with E-state index in [-0.39, 0.29) is 11.7 Å². The van der Waals surface area contributed by atoms with E-state index in [2.05, 4.69) is 20.3 Å². The number of nitrogens with one attached hydrogen (secondary N) is 1. The van der Waals surface area contributed by atoms with Crippen molar-refractivity contribution in [3.8, 4) is 5.75 Å². The minimum absolute atomic E-state index is 0.230. The summed E-state index contributed by atoms with van der Waals surface area (Å²) >= 11 is 2.68. The molecule has 2 rings (SSSR count). The Morgan fingerprint density at radius 3 is 2.70 bits per heavy atom. The maximum absolute atomic E-state index is 11.0. The summed E-state index contributed by atoms with van der Waals surface area (Å²) in [4.78, 5) is 11.0. The topological polar surface area (TPSA) is 73.3 Å². The quantitative estimate of drug-likeness (QED) is 0.649. The number of aromatic nitrogens is 2. The van der Waals surface area contributed by atoms with Gasteiger partial charge in [0, 0.05) is 5.69 Å². The molecule has 1 aromatic carbocycles. The SMILES string of the molecule is COC(=O)CSc1nnc(Nc2ccc(OC)cc2)s1. The number of carbonyl (C=O) groups excluding carboxylic acids is 1. The zero-order valence-electron chi connectivity index (χ0n) is 11.0. The number of carbonyl (C=O) groups is 1. The number of nitrogens with zero attached hydrogens (tertiary/aromatic N) is 2. The van der Waals surface area contributed by atoms with E-state index in [4.69, 9.17) is 4.74 Å². The van der Waals surface area contributed by atoms with Crippen LogP contribution in [-0.2, 0) is 9.53 Å². The van der Waals surface area contributed by atoms with E-state index in [0.29, 0.717) is 9.47 Å². The van der Waals surface area contributed by atoms with Gasteiger partial charge in [-0.2, -0.15) is 0 Å². The molecular formula is C12H13N3O3S2. The van der Waals surface area contributed by atoms with Crippen molar-refractivity contribution in [2.45, 2.75) is 4.34 Å². The minimum atomic E-state index is -0.283. The van der Waals surface area contributed by atoms with Crippen LogP contribution in [0.3, 0.4) is 0 Å². The van der Waals surface area contributed by atoms with Crippen LogP contribution in [0, 0.1) is 0 Å². The van der Waals surface area contributed by atoms with E-state index in [1.165, 1.54) is 30.2 Å². The van der Waals surface area contributed by atoms with Gasteiger partial charge in [-0.25, -0.2) is 0 Å². The van der Waals surface area contributed by atoms with Gasteiger partial charge in [0.05, 0.1) is 20.0 Å². The van der Waals surface area contributed by atoms with Crippen molar-refractivity contribution in [2.75, 3.05) is 25.3 Å². The van der Waals surface area contributed by atoms with Gasteiger partial charge in [-0.05, 0) is 24.3 Å². The molecule has 0 fully saturated rings. The Labute approximate surface area is 124 Å². The molecule has 0 unspecified atom stereocenters. The summed E-state index contributed by atoms with van der Waals surface area (Å²) < 4.78 is 10.4. The molecule has 106 valence electrons. The molecule has 6 nitrogen and oxygen atoms in total. The molecule has 0 saturated carbocycles. The molecule has 0 saturated heterocycles. The number of esters is 1. The highest BCUT2D eigenvalue weighted by Gasteiger charge is 2.08. The van der Waals surface area contributed by atoms with Crippen molar-refractivity contribution in [2.24, 2.45) is 0 Å². The third-order valence-corrected chi connectivity index (χ3v) is 4.23. The van der Waals surface area contributed by atoms with Crippen molar-refractivity contribution in [1.82, 2.24) is 10.2 Å². The van der Waals surface area contributed by atoms with Gasteiger partial charge in [-0.1, -0.05) is 23.1 Å². The fourth-order valence-electron chi connectivity index (χ4n) is 1.30. The fraction of sp³-hybridized carbons (Fsp3) is 0.250. The van der Waals surface area contributed by atoms with Crippen molar-refractivity contribution in [1.29, 1.82) is 0 Å². The Morgan fingerprint density at radius 2 is 2.05 bits per heavy atom. The van der Waals surface area contributed by atoms with Crippen molar-refractivity contribution in [3.63, 3.8) is 0 Å². The van der Waals surface area contributed by atoms with Crippen LogP contribution >= 0.6 is 23.1 Å². The molecule has 0 atom stereocenters. The lowest BCUT2D eigenvalue weighted by atomic mass is 10.3. The first-order valence-electron chi connectivity index (χ1n) is 5.65. The lowest BCUT2D eigenvalue weighted by molar-refractivity contribution is -0.137. The van der Waals surface area contributed by atoms with Crippen LogP contribution in [-0.4, -0.2) is 36.1 Å². The smallest absolute Gasteiger partial charge is 0.316 e. The van der Waals surface area contributed by atoms with Gasteiger partial charge in [0.15, 0.2) is 4.34 Å². The van der Waals surface area contributed by atoms with Crippen LogP contribution in [0.5, 0.6) is 5.75 Å². The van der Waals surface area contributed by atoms with Gasteiger partial charge in [0.25, 0.3) is 0 Å². The zero-order chi connectivity index (χ0) is 14.4. The lowest BCUT2D eigenvalue weighted by Crippen LogP contribution is -2.02. The van der Waals surface area contributed by atoms with E-state index in [9.17, 15) is 4.79 Å². The minimum Gasteiger partial charge on any atom is -0.497 e. The van der Waals surface area contributed by atoms with E-state index in [0.717, 1.165) is 11.4 Å². The second-order valence-corrected chi connectivity index (χ2v) is 5.79. The summed E-state index contributed by atoms with van der Waals surface area (Å²) in [6.07, 6.45) is 0. The van der Waals surface area contributed by atoms with Gasteiger partial charge in [0.1, 0.15) is 5.75 Å². The Kier molecular flexibility index (Phi) is 5.19. The first kappa shape index (κ1) is 14.6. The highest BCUT2D eigenvalue weighted by molar-refractivity contribution is 8.01. The Hall–Kier alpha value is -1.80. The molecule has 1 heterocycles. The third-order valence-electron chi connectivity index (χ3n) is 2.29. The number of hydrogen-bond acceptors (Lipinski definition) is 8. The molecule has 0 aliphatic heterocycles. The van der Waals surface area contributed by atoms with Crippen LogP contribution in [0.1, 0.15) is 0 Å². The molecule has 0 bridgehead atoms. The second-order valence-electron chi connectivity index (χ2n) is 3.59. The molecule has 0 amide bonds. The van der Waals surface area contributed by atoms with Crippen LogP contribution in [0.4, 0.5) is 10.8 Å². The number of thioether (sulfide) groups is 1. The van der Waals surface area contributed by atoms with Crippen molar-refractivity contribution < 1.29 is 14.3 Å². The van der Waals surface area contributed by atoms with Gasteiger partial charge < -0.3 is 14.8 Å². The summed E-state index contributed by atoms with van der Waals surface area (Å²) in [5.74, 6) is 0.741. The Morgan fingerprint density at radius 1 is 1.30 bits per heavy atom. The predicted octanol–water partition coefficient (Wildman–Crippen LogP) is 2.56. The second kappa shape index (κ2) is 7.11. The highest BCUT2D eigenvalue weighted by Crippen LogP contribution is 2.28. The number of methoxy groups -OCH3 is 2. The maximum atomic E-state index is 11.0. The molecule has 20 heavy (non-hydrogen) atoms. The average molecular weight is 311 g/mol. The van der Waals surface area contributed by atoms with Crippen LogP contribution in [0.25, 0.3) is 0 Å². The summed E-state index contributed by atoms with van der Waals surface area (Å²) in [5, 5.41) is 11.8. The Balaban J connectivity index is 1.93. The molecule has 2 aromatic rings. The average Bonchev–Trinajstić information content (AvgIpc) is 2.93. The number of benzene rings is 1. The molecule has 0 spiro atoms. The molecule has 0 radical (unpaired) electrons. The first-order chi connectivity index (χ1) is 9.71. The normalized spacial score (nSPS) is 10.1. The van der Waals surface area contributed by atoms with E-state index in [1.54, 1.807) is 7.11 Å². The largest absolute Gasteiger partial charge is 0.497 e. The van der Waals surface area contributed by atoms with Crippen molar-refractivity contribution >= 4 is 39.9 Å². The number of ether oxygens (including phenoxy) is 2. The third kappa shape index (κ3) is 4.10. The predicted molar refractivity (Wildman–Crippen MR) is 78.9 cm³/mol. The standard InChI is InChI=1S/C12H13N3O3S2/c1-17-9-5-3-8(4-6-9)13-11-14-15-12(20-11)19-7-10(16)18-2/h3-6H,7H2,1-2H3,(H,13,14). The summed E-state index contributed by atoms with van der Waals surface area (Å²) in [7, 11) is 2.98. The van der Waals surface area contributed by atoms with Crippen LogP contribution in [0.15, 0.2) is 28.6 Å². The number of anilines is 2. The first-order valence-corrected chi connectivity index (χ1v) is 7.45. The molecule has 1 N–H and O–H groups in total. The highest BCUT2D eigenvalue weighted by atomic mass is 32.2. The molecular weight excluding hydrogens is 298 g/mol. The summed E-state index contributed by atoms with van der Waals surface area (Å²) in [5.41, 5.74) is 0.895. The van der Waals surface area contributed by atoms with Gasteiger partial charge in [0.2, 0.25) is 5.13 Å². The van der Waals surface area contributed by atoms with Gasteiger partial charge >= 0.3 is 5.97 Å². The monoisotopic (exact) mass is 311 g/mol. The lowest BCUT2D eigenvalue weighted by Gasteiger charge is -2.03. The fourth-order valence-corrected chi connectivity index (χ4v) is 2.90. The maximum Gasteiger partial charge on any atom is 0.316 e. The summed E-state index contributed by atoms with van der Waals surface area (Å²) in [6.45, 7) is 0. The Bertz CT molecular complexity index is 572. The number of hydrogen-bond donors (Lipinski definition) is 1. The van der Waals surface area contributed by atoms with Gasteiger partial charge in [-0.3, -0.25) is 4.79 Å². The van der Waals surface area contributed by atoms with E-state index < -0.39 is 0 Å². The van der Waals surface area contributed by atoms with E-state index in [1.807, 2.05) is 24.3 Å². The van der Waals surface area contributed by atoms with E-state index >= 15 is 0 Å². The van der Waals surface area contributed by atoms with Crippen LogP contribution in [0.2, 0.25) is 0 Å². The van der Waals surface area contributed by atoms with Crippen LogP contribution < -0.4 is 10.1 Å². The molecule has 0 aliphatic rings. The molecule has 0 aliphatic carbocycles. The number of rotatable bonds is 6. The summed E-state index contributed by atoms with van der Waals surface area (Å²) in [6, 6.07) is 7.50. The van der Waals surface area contributed by atoms with Gasteiger partial charge in [-0.15, -0.1) is 10.2 Å². The molecule has 1 aromatic heterocycles. The van der Waals surface area contributed by atoms with Crippen molar-refractivity contribution in [3.05, 3.63) is 24.3 Å². The molecule has 8 heteroatoms.